The number of para-hydroxylation sites is 1. The van der Waals surface area contributed by atoms with E-state index in [0.717, 1.165) is 31.6 Å². The minimum absolute atomic E-state index is 0.217. The Morgan fingerprint density at radius 2 is 1.74 bits per heavy atom. The van der Waals surface area contributed by atoms with Gasteiger partial charge in [-0.25, -0.2) is 4.79 Å². The van der Waals surface area contributed by atoms with Gasteiger partial charge in [0.05, 0.1) is 24.5 Å². The molecule has 2 aromatic carbocycles. The normalized spacial score (nSPS) is 18.2. The average Bonchev–Trinajstić information content (AvgIpc) is 3.19. The van der Waals surface area contributed by atoms with Gasteiger partial charge >= 0.3 is 5.97 Å². The Labute approximate surface area is 224 Å². The van der Waals surface area contributed by atoms with Gasteiger partial charge in [0.1, 0.15) is 0 Å². The number of rotatable bonds is 6. The molecular weight excluding hydrogens is 478 g/mol. The first kappa shape index (κ1) is 25.0. The Kier molecular flexibility index (Phi) is 7.11. The minimum Gasteiger partial charge on any atom is -0.478 e. The molecule has 7 nitrogen and oxygen atoms in total. The quantitative estimate of drug-likeness (QED) is 0.468. The topological polar surface area (TPSA) is 75.0 Å². The molecule has 38 heavy (non-hydrogen) atoms. The number of carboxylic acids is 1. The number of hydrogen-bond donors (Lipinski definition) is 1. The van der Waals surface area contributed by atoms with Gasteiger partial charge < -0.3 is 24.2 Å². The molecule has 1 saturated carbocycles. The number of ether oxygens (including phenoxy) is 1. The standard InChI is InChI=1S/C31H37N3O4/c35-28(33-17-19-38-20-18-33)11-6-14-32-15-16-34-27-21-23(31(36)37)12-13-24(27)29(22-7-2-1-3-8-22)30(34)25-9-4-5-10-26(25)32/h4-5,9-10,12-13,21-22H,1-3,6-8,11,14-20H2,(H,36,37). The molecule has 3 aliphatic rings. The summed E-state index contributed by atoms with van der Waals surface area (Å²) >= 11 is 0. The number of amides is 1. The van der Waals surface area contributed by atoms with Crippen molar-refractivity contribution in [2.45, 2.75) is 57.4 Å². The number of aromatic carboxylic acids is 1. The Morgan fingerprint density at radius 1 is 0.947 bits per heavy atom. The number of morpholine rings is 1. The lowest BCUT2D eigenvalue weighted by atomic mass is 9.81. The zero-order valence-electron chi connectivity index (χ0n) is 22.0. The highest BCUT2D eigenvalue weighted by atomic mass is 16.5. The van der Waals surface area contributed by atoms with Crippen molar-refractivity contribution in [1.29, 1.82) is 0 Å². The maximum atomic E-state index is 12.7. The van der Waals surface area contributed by atoms with E-state index in [1.807, 2.05) is 17.0 Å². The maximum absolute atomic E-state index is 12.7. The molecule has 0 atom stereocenters. The molecule has 3 aromatic rings. The van der Waals surface area contributed by atoms with E-state index < -0.39 is 5.97 Å². The predicted molar refractivity (Wildman–Crippen MR) is 149 cm³/mol. The van der Waals surface area contributed by atoms with Crippen molar-refractivity contribution in [3.8, 4) is 11.3 Å². The summed E-state index contributed by atoms with van der Waals surface area (Å²) in [5.41, 5.74) is 6.45. The Bertz CT molecular complexity index is 1330. The fourth-order valence-corrected chi connectivity index (χ4v) is 6.75. The van der Waals surface area contributed by atoms with Gasteiger partial charge in [-0.15, -0.1) is 0 Å². The lowest BCUT2D eigenvalue weighted by molar-refractivity contribution is -0.135. The number of hydrogen-bond acceptors (Lipinski definition) is 4. The van der Waals surface area contributed by atoms with E-state index in [1.165, 1.54) is 60.0 Å². The number of carboxylic acid groups (broad SMARTS) is 1. The van der Waals surface area contributed by atoms with Crippen LogP contribution in [-0.2, 0) is 16.1 Å². The molecule has 0 radical (unpaired) electrons. The highest BCUT2D eigenvalue weighted by molar-refractivity contribution is 5.99. The van der Waals surface area contributed by atoms with Gasteiger partial charge in [0.15, 0.2) is 0 Å². The van der Waals surface area contributed by atoms with E-state index in [2.05, 4.69) is 33.7 Å². The average molecular weight is 516 g/mol. The molecule has 6 rings (SSSR count). The number of nitrogens with zero attached hydrogens (tertiary/aromatic N) is 3. The van der Waals surface area contributed by atoms with Gasteiger partial charge in [-0.2, -0.15) is 0 Å². The molecule has 0 spiro atoms. The van der Waals surface area contributed by atoms with E-state index in [0.29, 0.717) is 44.2 Å². The first-order valence-electron chi connectivity index (χ1n) is 14.2. The molecule has 7 heteroatoms. The molecule has 2 aliphatic heterocycles. The fraction of sp³-hybridized carbons (Fsp3) is 0.484. The number of anilines is 1. The van der Waals surface area contributed by atoms with Crippen LogP contribution >= 0.6 is 0 Å². The number of carbonyl (C=O) groups excluding carboxylic acids is 1. The number of aromatic nitrogens is 1. The monoisotopic (exact) mass is 515 g/mol. The third kappa shape index (κ3) is 4.68. The second-order valence-corrected chi connectivity index (χ2v) is 10.9. The van der Waals surface area contributed by atoms with E-state index >= 15 is 0 Å². The number of benzene rings is 2. The van der Waals surface area contributed by atoms with Crippen LogP contribution in [0.15, 0.2) is 42.5 Å². The van der Waals surface area contributed by atoms with Crippen molar-refractivity contribution in [2.24, 2.45) is 0 Å². The van der Waals surface area contributed by atoms with E-state index in [9.17, 15) is 14.7 Å². The van der Waals surface area contributed by atoms with Gasteiger partial charge in [-0.3, -0.25) is 4.79 Å². The van der Waals surface area contributed by atoms with E-state index in [4.69, 9.17) is 4.74 Å². The summed E-state index contributed by atoms with van der Waals surface area (Å²) in [5, 5.41) is 10.9. The third-order valence-corrected chi connectivity index (χ3v) is 8.64. The molecule has 2 fully saturated rings. The minimum atomic E-state index is -0.887. The zero-order valence-corrected chi connectivity index (χ0v) is 22.0. The van der Waals surface area contributed by atoms with Gasteiger partial charge in [0.2, 0.25) is 5.91 Å². The molecule has 1 aliphatic carbocycles. The van der Waals surface area contributed by atoms with E-state index in [-0.39, 0.29) is 5.91 Å². The van der Waals surface area contributed by atoms with Crippen LogP contribution in [0.25, 0.3) is 22.2 Å². The molecule has 1 aromatic heterocycles. The molecule has 1 amide bonds. The van der Waals surface area contributed by atoms with Crippen LogP contribution < -0.4 is 4.90 Å². The van der Waals surface area contributed by atoms with Crippen LogP contribution in [-0.4, -0.2) is 65.8 Å². The summed E-state index contributed by atoms with van der Waals surface area (Å²) in [6, 6.07) is 14.3. The van der Waals surface area contributed by atoms with Crippen molar-refractivity contribution in [2.75, 3.05) is 44.3 Å². The van der Waals surface area contributed by atoms with Crippen LogP contribution in [0.3, 0.4) is 0 Å². The lowest BCUT2D eigenvalue weighted by Gasteiger charge is -2.28. The smallest absolute Gasteiger partial charge is 0.335 e. The van der Waals surface area contributed by atoms with Crippen LogP contribution in [0.4, 0.5) is 5.69 Å². The van der Waals surface area contributed by atoms with E-state index in [1.54, 1.807) is 6.07 Å². The molecular formula is C31H37N3O4. The van der Waals surface area contributed by atoms with Crippen LogP contribution in [0.5, 0.6) is 0 Å². The van der Waals surface area contributed by atoms with Crippen LogP contribution in [0, 0.1) is 0 Å². The highest BCUT2D eigenvalue weighted by Gasteiger charge is 2.30. The van der Waals surface area contributed by atoms with Crippen molar-refractivity contribution < 1.29 is 19.4 Å². The van der Waals surface area contributed by atoms with Crippen LogP contribution in [0.2, 0.25) is 0 Å². The number of carbonyl (C=O) groups is 2. The van der Waals surface area contributed by atoms with Gasteiger partial charge in [-0.05, 0) is 48.9 Å². The zero-order chi connectivity index (χ0) is 26.1. The van der Waals surface area contributed by atoms with Gasteiger partial charge in [0, 0.05) is 61.3 Å². The predicted octanol–water partition coefficient (Wildman–Crippen LogP) is 5.51. The Morgan fingerprint density at radius 3 is 2.53 bits per heavy atom. The van der Waals surface area contributed by atoms with Gasteiger partial charge in [-0.1, -0.05) is 43.5 Å². The highest BCUT2D eigenvalue weighted by Crippen LogP contribution is 2.47. The maximum Gasteiger partial charge on any atom is 0.335 e. The first-order chi connectivity index (χ1) is 18.6. The number of fused-ring (bicyclic) bond motifs is 5. The largest absolute Gasteiger partial charge is 0.478 e. The SMILES string of the molecule is O=C(O)c1ccc2c(C3CCCCC3)c3n(c2c1)CCN(CCCC(=O)N1CCOCC1)c1ccccc1-3. The third-order valence-electron chi connectivity index (χ3n) is 8.64. The molecule has 0 unspecified atom stereocenters. The van der Waals surface area contributed by atoms with Crippen LogP contribution in [0.1, 0.15) is 66.8 Å². The molecule has 0 bridgehead atoms. The molecule has 200 valence electrons. The summed E-state index contributed by atoms with van der Waals surface area (Å²) < 4.78 is 7.77. The van der Waals surface area contributed by atoms with Gasteiger partial charge in [0.25, 0.3) is 0 Å². The fourth-order valence-electron chi connectivity index (χ4n) is 6.75. The molecule has 1 saturated heterocycles. The lowest BCUT2D eigenvalue weighted by Crippen LogP contribution is -2.41. The summed E-state index contributed by atoms with van der Waals surface area (Å²) in [5.74, 6) is -0.180. The summed E-state index contributed by atoms with van der Waals surface area (Å²) in [7, 11) is 0. The second kappa shape index (κ2) is 10.8. The van der Waals surface area contributed by atoms with Crippen molar-refractivity contribution >= 4 is 28.5 Å². The van der Waals surface area contributed by atoms with Crippen molar-refractivity contribution in [3.63, 3.8) is 0 Å². The summed E-state index contributed by atoms with van der Waals surface area (Å²) in [6.07, 6.45) is 7.50. The first-order valence-corrected chi connectivity index (χ1v) is 14.2. The Hall–Kier alpha value is -3.32. The molecule has 3 heterocycles. The van der Waals surface area contributed by atoms with Crippen molar-refractivity contribution in [3.05, 3.63) is 53.6 Å². The summed E-state index contributed by atoms with van der Waals surface area (Å²) in [4.78, 5) is 29.0. The van der Waals surface area contributed by atoms with Crippen molar-refractivity contribution in [1.82, 2.24) is 9.47 Å². The Balaban J connectivity index is 1.35. The molecule has 1 N–H and O–H groups in total. The summed E-state index contributed by atoms with van der Waals surface area (Å²) in [6.45, 7) is 5.06. The second-order valence-electron chi connectivity index (χ2n) is 10.9.